The maximum Gasteiger partial charge on any atom is 0.126 e. The van der Waals surface area contributed by atoms with E-state index in [4.69, 9.17) is 10.5 Å². The summed E-state index contributed by atoms with van der Waals surface area (Å²) in [6, 6.07) is 2.03. The second-order valence-corrected chi connectivity index (χ2v) is 4.22. The third kappa shape index (κ3) is 1.75. The largest absolute Gasteiger partial charge is 0.496 e. The van der Waals surface area contributed by atoms with E-state index in [0.717, 1.165) is 28.0 Å². The van der Waals surface area contributed by atoms with Gasteiger partial charge in [-0.2, -0.15) is 5.10 Å². The molecule has 17 heavy (non-hydrogen) atoms. The first-order valence-corrected chi connectivity index (χ1v) is 5.50. The Kier molecular flexibility index (Phi) is 2.79. The Bertz CT molecular complexity index is 558. The van der Waals surface area contributed by atoms with Gasteiger partial charge in [-0.3, -0.25) is 5.10 Å². The Labute approximate surface area is 101 Å². The maximum absolute atomic E-state index is 5.88. The van der Waals surface area contributed by atoms with Crippen molar-refractivity contribution in [1.82, 2.24) is 10.2 Å². The molecule has 90 valence electrons. The minimum atomic E-state index is 0.598. The quantitative estimate of drug-likeness (QED) is 0.835. The predicted octanol–water partition coefficient (Wildman–Crippen LogP) is 2.59. The standard InChI is InChI=1S/C13H17N3O/c1-7-5-11(17-4)8(2)9(3)12(7)10-6-15-16-13(10)14/h5-6H,1-4H3,(H3,14,15,16). The number of anilines is 1. The van der Waals surface area contributed by atoms with Crippen LogP contribution in [-0.2, 0) is 0 Å². The number of nitrogens with one attached hydrogen (secondary N) is 1. The lowest BCUT2D eigenvalue weighted by atomic mass is 9.93. The maximum atomic E-state index is 5.88. The molecule has 0 fully saturated rings. The van der Waals surface area contributed by atoms with E-state index in [1.807, 2.05) is 13.0 Å². The van der Waals surface area contributed by atoms with Crippen molar-refractivity contribution in [2.24, 2.45) is 0 Å². The minimum Gasteiger partial charge on any atom is -0.496 e. The number of nitrogens with two attached hydrogens (primary N) is 1. The van der Waals surface area contributed by atoms with Crippen LogP contribution in [0.4, 0.5) is 5.82 Å². The molecule has 2 aromatic rings. The van der Waals surface area contributed by atoms with Crippen LogP contribution in [0, 0.1) is 20.8 Å². The van der Waals surface area contributed by atoms with Gasteiger partial charge in [0.2, 0.25) is 0 Å². The van der Waals surface area contributed by atoms with Crippen LogP contribution in [0.3, 0.4) is 0 Å². The highest BCUT2D eigenvalue weighted by molar-refractivity contribution is 5.80. The molecule has 4 nitrogen and oxygen atoms in total. The number of methoxy groups -OCH3 is 1. The van der Waals surface area contributed by atoms with Crippen molar-refractivity contribution >= 4 is 5.82 Å². The number of H-pyrrole nitrogens is 1. The van der Waals surface area contributed by atoms with Crippen LogP contribution in [0.1, 0.15) is 16.7 Å². The Morgan fingerprint density at radius 3 is 2.47 bits per heavy atom. The van der Waals surface area contributed by atoms with Crippen LogP contribution in [0.25, 0.3) is 11.1 Å². The molecule has 0 radical (unpaired) electrons. The van der Waals surface area contributed by atoms with Crippen molar-refractivity contribution in [2.75, 3.05) is 12.8 Å². The van der Waals surface area contributed by atoms with Gasteiger partial charge in [-0.25, -0.2) is 0 Å². The van der Waals surface area contributed by atoms with Gasteiger partial charge in [0.15, 0.2) is 0 Å². The smallest absolute Gasteiger partial charge is 0.126 e. The molecule has 0 aliphatic rings. The van der Waals surface area contributed by atoms with E-state index in [1.54, 1.807) is 13.3 Å². The van der Waals surface area contributed by atoms with Crippen molar-refractivity contribution in [3.05, 3.63) is 29.0 Å². The van der Waals surface area contributed by atoms with E-state index in [1.165, 1.54) is 5.56 Å². The highest BCUT2D eigenvalue weighted by Gasteiger charge is 2.15. The number of benzene rings is 1. The Morgan fingerprint density at radius 1 is 1.24 bits per heavy atom. The lowest BCUT2D eigenvalue weighted by molar-refractivity contribution is 0.411. The summed E-state index contributed by atoms with van der Waals surface area (Å²) in [7, 11) is 1.69. The lowest BCUT2D eigenvalue weighted by Gasteiger charge is -2.15. The van der Waals surface area contributed by atoms with Crippen LogP contribution < -0.4 is 10.5 Å². The molecule has 0 aliphatic carbocycles. The summed E-state index contributed by atoms with van der Waals surface area (Å²) in [5, 5.41) is 6.74. The summed E-state index contributed by atoms with van der Waals surface area (Å²) in [5.41, 5.74) is 11.4. The fourth-order valence-electron chi connectivity index (χ4n) is 2.17. The number of aryl methyl sites for hydroxylation is 1. The molecule has 0 unspecified atom stereocenters. The Morgan fingerprint density at radius 2 is 1.94 bits per heavy atom. The molecule has 0 saturated carbocycles. The van der Waals surface area contributed by atoms with Crippen molar-refractivity contribution in [2.45, 2.75) is 20.8 Å². The number of hydrogen-bond donors (Lipinski definition) is 2. The van der Waals surface area contributed by atoms with Crippen molar-refractivity contribution < 1.29 is 4.74 Å². The first-order valence-electron chi connectivity index (χ1n) is 5.50. The zero-order valence-corrected chi connectivity index (χ0v) is 10.6. The second kappa shape index (κ2) is 4.13. The number of ether oxygens (including phenoxy) is 1. The molecule has 0 spiro atoms. The summed E-state index contributed by atoms with van der Waals surface area (Å²) < 4.78 is 5.35. The number of hydrogen-bond acceptors (Lipinski definition) is 3. The van der Waals surface area contributed by atoms with Gasteiger partial charge in [0.05, 0.1) is 13.3 Å². The molecule has 1 aromatic heterocycles. The number of aromatic amines is 1. The van der Waals surface area contributed by atoms with Gasteiger partial charge in [-0.05, 0) is 49.1 Å². The third-order valence-electron chi connectivity index (χ3n) is 3.21. The van der Waals surface area contributed by atoms with Crippen LogP contribution >= 0.6 is 0 Å². The van der Waals surface area contributed by atoms with Crippen LogP contribution in [0.5, 0.6) is 5.75 Å². The molecule has 4 heteroatoms. The molecule has 2 rings (SSSR count). The summed E-state index contributed by atoms with van der Waals surface area (Å²) in [4.78, 5) is 0. The number of nitrogen functional groups attached to an aromatic ring is 1. The van der Waals surface area contributed by atoms with E-state index in [0.29, 0.717) is 5.82 Å². The summed E-state index contributed by atoms with van der Waals surface area (Å²) in [6.07, 6.45) is 1.76. The van der Waals surface area contributed by atoms with Gasteiger partial charge in [-0.1, -0.05) is 0 Å². The van der Waals surface area contributed by atoms with E-state index >= 15 is 0 Å². The van der Waals surface area contributed by atoms with Gasteiger partial charge in [0.1, 0.15) is 11.6 Å². The first-order chi connectivity index (χ1) is 8.06. The monoisotopic (exact) mass is 231 g/mol. The fraction of sp³-hybridized carbons (Fsp3) is 0.308. The summed E-state index contributed by atoms with van der Waals surface area (Å²) >= 11 is 0. The molecule has 1 aromatic carbocycles. The molecular formula is C13H17N3O. The third-order valence-corrected chi connectivity index (χ3v) is 3.21. The normalized spacial score (nSPS) is 10.6. The van der Waals surface area contributed by atoms with E-state index in [2.05, 4.69) is 24.0 Å². The number of rotatable bonds is 2. The molecule has 0 amide bonds. The molecule has 1 heterocycles. The molecular weight excluding hydrogens is 214 g/mol. The lowest BCUT2D eigenvalue weighted by Crippen LogP contribution is -1.97. The topological polar surface area (TPSA) is 63.9 Å². The van der Waals surface area contributed by atoms with Crippen LogP contribution in [0.2, 0.25) is 0 Å². The molecule has 0 bridgehead atoms. The van der Waals surface area contributed by atoms with Crippen molar-refractivity contribution in [3.8, 4) is 16.9 Å². The van der Waals surface area contributed by atoms with E-state index in [9.17, 15) is 0 Å². The number of aromatic nitrogens is 2. The highest BCUT2D eigenvalue weighted by atomic mass is 16.5. The zero-order chi connectivity index (χ0) is 12.6. The van der Waals surface area contributed by atoms with Crippen molar-refractivity contribution in [3.63, 3.8) is 0 Å². The van der Waals surface area contributed by atoms with Gasteiger partial charge in [0, 0.05) is 5.56 Å². The van der Waals surface area contributed by atoms with Gasteiger partial charge < -0.3 is 10.5 Å². The summed E-state index contributed by atoms with van der Waals surface area (Å²) in [6.45, 7) is 6.18. The minimum absolute atomic E-state index is 0.598. The van der Waals surface area contributed by atoms with Crippen LogP contribution in [0.15, 0.2) is 12.3 Å². The molecule has 3 N–H and O–H groups in total. The Balaban J connectivity index is 2.72. The molecule has 0 atom stereocenters. The number of nitrogens with zero attached hydrogens (tertiary/aromatic N) is 1. The second-order valence-electron chi connectivity index (χ2n) is 4.22. The van der Waals surface area contributed by atoms with Crippen molar-refractivity contribution in [1.29, 1.82) is 0 Å². The van der Waals surface area contributed by atoms with Gasteiger partial charge in [-0.15, -0.1) is 0 Å². The first kappa shape index (κ1) is 11.5. The zero-order valence-electron chi connectivity index (χ0n) is 10.6. The van der Waals surface area contributed by atoms with E-state index < -0.39 is 0 Å². The Hall–Kier alpha value is -1.97. The highest BCUT2D eigenvalue weighted by Crippen LogP contribution is 2.36. The van der Waals surface area contributed by atoms with Gasteiger partial charge >= 0.3 is 0 Å². The van der Waals surface area contributed by atoms with E-state index in [-0.39, 0.29) is 0 Å². The van der Waals surface area contributed by atoms with Gasteiger partial charge in [0.25, 0.3) is 0 Å². The average Bonchev–Trinajstić information content (AvgIpc) is 2.70. The predicted molar refractivity (Wildman–Crippen MR) is 69.2 cm³/mol. The van der Waals surface area contributed by atoms with Crippen LogP contribution in [-0.4, -0.2) is 17.3 Å². The molecule has 0 aliphatic heterocycles. The summed E-state index contributed by atoms with van der Waals surface area (Å²) in [5.74, 6) is 1.51. The molecule has 0 saturated heterocycles. The fourth-order valence-corrected chi connectivity index (χ4v) is 2.17. The average molecular weight is 231 g/mol. The SMILES string of the molecule is COc1cc(C)c(-c2cn[nH]c2N)c(C)c1C.